The Hall–Kier alpha value is -0.280. The summed E-state index contributed by atoms with van der Waals surface area (Å²) in [4.78, 5) is 12.9. The first-order valence-electron chi connectivity index (χ1n) is 6.02. The average Bonchev–Trinajstić information content (AvgIpc) is 2.16. The highest BCUT2D eigenvalue weighted by atomic mass is 35.5. The molecular weight excluding hydrogens is 226 g/mol. The number of rotatable bonds is 5. The quantitative estimate of drug-likeness (QED) is 0.814. The number of nitrogens with zero attached hydrogens (tertiary/aromatic N) is 1. The van der Waals surface area contributed by atoms with Crippen molar-refractivity contribution < 1.29 is 9.90 Å². The number of likely N-dealkylation sites (tertiary alicyclic amines) is 1. The molecule has 1 heterocycles. The van der Waals surface area contributed by atoms with E-state index in [0.29, 0.717) is 12.3 Å². The molecule has 0 bridgehead atoms. The highest BCUT2D eigenvalue weighted by Crippen LogP contribution is 2.22. The Morgan fingerprint density at radius 3 is 2.38 bits per heavy atom. The van der Waals surface area contributed by atoms with Crippen molar-refractivity contribution in [1.29, 1.82) is 0 Å². The highest BCUT2D eigenvalue weighted by Gasteiger charge is 2.19. The maximum Gasteiger partial charge on any atom is 0.303 e. The lowest BCUT2D eigenvalue weighted by Gasteiger charge is -2.32. The lowest BCUT2D eigenvalue weighted by atomic mass is 9.92. The Balaban J connectivity index is 0.00000225. The van der Waals surface area contributed by atoms with Crippen LogP contribution in [0.25, 0.3) is 0 Å². The number of hydrogen-bond donors (Lipinski definition) is 1. The van der Waals surface area contributed by atoms with Crippen LogP contribution in [0.2, 0.25) is 0 Å². The fourth-order valence-corrected chi connectivity index (χ4v) is 2.30. The predicted octanol–water partition coefficient (Wildman–Crippen LogP) is 2.64. The Bertz CT molecular complexity index is 201. The minimum Gasteiger partial charge on any atom is -0.481 e. The summed E-state index contributed by atoms with van der Waals surface area (Å²) in [6.45, 7) is 7.99. The number of aliphatic carboxylic acids is 1. The molecule has 96 valence electrons. The van der Waals surface area contributed by atoms with Gasteiger partial charge in [0.1, 0.15) is 0 Å². The number of piperidine rings is 1. The molecule has 16 heavy (non-hydrogen) atoms. The van der Waals surface area contributed by atoms with Crippen molar-refractivity contribution in [3.8, 4) is 0 Å². The first kappa shape index (κ1) is 15.7. The molecule has 0 spiro atoms. The standard InChI is InChI=1S/C12H23NO2.ClH/c1-10(2)9-13-7-5-11(6-8-13)3-4-12(14)15;/h10-11H,3-9H2,1-2H3,(H,14,15);1H. The molecule has 0 aromatic carbocycles. The predicted molar refractivity (Wildman–Crippen MR) is 68.1 cm³/mol. The summed E-state index contributed by atoms with van der Waals surface area (Å²) in [6, 6.07) is 0. The van der Waals surface area contributed by atoms with E-state index in [-0.39, 0.29) is 12.4 Å². The number of carboxylic acids is 1. The van der Waals surface area contributed by atoms with Gasteiger partial charge in [0.05, 0.1) is 0 Å². The van der Waals surface area contributed by atoms with E-state index in [9.17, 15) is 4.79 Å². The number of halogens is 1. The van der Waals surface area contributed by atoms with E-state index >= 15 is 0 Å². The van der Waals surface area contributed by atoms with Crippen LogP contribution in [0.4, 0.5) is 0 Å². The third-order valence-electron chi connectivity index (χ3n) is 3.10. The van der Waals surface area contributed by atoms with Crippen LogP contribution in [-0.4, -0.2) is 35.6 Å². The zero-order valence-corrected chi connectivity index (χ0v) is 11.1. The van der Waals surface area contributed by atoms with E-state index in [1.165, 1.54) is 19.4 Å². The average molecular weight is 250 g/mol. The van der Waals surface area contributed by atoms with Crippen LogP contribution >= 0.6 is 12.4 Å². The molecule has 0 aromatic rings. The summed E-state index contributed by atoms with van der Waals surface area (Å²) < 4.78 is 0. The van der Waals surface area contributed by atoms with E-state index < -0.39 is 5.97 Å². The minimum absolute atomic E-state index is 0. The van der Waals surface area contributed by atoms with Gasteiger partial charge in [0.25, 0.3) is 0 Å². The molecule has 0 radical (unpaired) electrons. The van der Waals surface area contributed by atoms with E-state index in [4.69, 9.17) is 5.11 Å². The molecule has 0 saturated carbocycles. The van der Waals surface area contributed by atoms with E-state index in [1.54, 1.807) is 0 Å². The molecule has 0 aromatic heterocycles. The molecule has 3 nitrogen and oxygen atoms in total. The Morgan fingerprint density at radius 1 is 1.38 bits per heavy atom. The van der Waals surface area contributed by atoms with Crippen LogP contribution in [-0.2, 0) is 4.79 Å². The molecule has 1 aliphatic heterocycles. The van der Waals surface area contributed by atoms with Crippen LogP contribution < -0.4 is 0 Å². The Kier molecular flexibility index (Phi) is 7.77. The molecule has 1 aliphatic rings. The van der Waals surface area contributed by atoms with Crippen molar-refractivity contribution in [2.45, 2.75) is 39.5 Å². The second kappa shape index (κ2) is 7.91. The second-order valence-corrected chi connectivity index (χ2v) is 5.07. The van der Waals surface area contributed by atoms with Gasteiger partial charge in [-0.1, -0.05) is 13.8 Å². The van der Waals surface area contributed by atoms with Crippen LogP contribution in [0.15, 0.2) is 0 Å². The zero-order valence-electron chi connectivity index (χ0n) is 10.3. The zero-order chi connectivity index (χ0) is 11.3. The first-order valence-corrected chi connectivity index (χ1v) is 6.02. The van der Waals surface area contributed by atoms with Crippen molar-refractivity contribution in [1.82, 2.24) is 4.90 Å². The maximum absolute atomic E-state index is 10.4. The van der Waals surface area contributed by atoms with Gasteiger partial charge in [-0.25, -0.2) is 0 Å². The van der Waals surface area contributed by atoms with Crippen LogP contribution in [0, 0.1) is 11.8 Å². The van der Waals surface area contributed by atoms with Crippen molar-refractivity contribution in [3.63, 3.8) is 0 Å². The lowest BCUT2D eigenvalue weighted by molar-refractivity contribution is -0.137. The summed E-state index contributed by atoms with van der Waals surface area (Å²) in [5.74, 6) is 0.727. The molecule has 1 N–H and O–H groups in total. The molecule has 0 aliphatic carbocycles. The van der Waals surface area contributed by atoms with Crippen LogP contribution in [0.5, 0.6) is 0 Å². The topological polar surface area (TPSA) is 40.5 Å². The maximum atomic E-state index is 10.4. The van der Waals surface area contributed by atoms with Gasteiger partial charge in [-0.05, 0) is 44.2 Å². The van der Waals surface area contributed by atoms with Crippen molar-refractivity contribution in [3.05, 3.63) is 0 Å². The van der Waals surface area contributed by atoms with Gasteiger partial charge in [0.15, 0.2) is 0 Å². The second-order valence-electron chi connectivity index (χ2n) is 5.07. The van der Waals surface area contributed by atoms with E-state index in [2.05, 4.69) is 18.7 Å². The van der Waals surface area contributed by atoms with Crippen molar-refractivity contribution in [2.24, 2.45) is 11.8 Å². The lowest BCUT2D eigenvalue weighted by Crippen LogP contribution is -2.36. The molecule has 1 saturated heterocycles. The van der Waals surface area contributed by atoms with Gasteiger partial charge in [-0.15, -0.1) is 12.4 Å². The third kappa shape index (κ3) is 6.33. The number of carboxylic acid groups (broad SMARTS) is 1. The summed E-state index contributed by atoms with van der Waals surface area (Å²) in [6.07, 6.45) is 3.57. The molecule has 1 fully saturated rings. The Morgan fingerprint density at radius 2 is 1.94 bits per heavy atom. The van der Waals surface area contributed by atoms with Gasteiger partial charge in [-0.2, -0.15) is 0 Å². The fourth-order valence-electron chi connectivity index (χ4n) is 2.30. The van der Waals surface area contributed by atoms with Crippen molar-refractivity contribution >= 4 is 18.4 Å². The molecule has 4 heteroatoms. The van der Waals surface area contributed by atoms with Gasteiger partial charge < -0.3 is 10.0 Å². The Labute approximate surface area is 105 Å². The summed E-state index contributed by atoms with van der Waals surface area (Å²) in [5.41, 5.74) is 0. The normalized spacial score (nSPS) is 18.4. The smallest absolute Gasteiger partial charge is 0.303 e. The molecule has 1 rings (SSSR count). The summed E-state index contributed by atoms with van der Waals surface area (Å²) in [5, 5.41) is 8.60. The van der Waals surface area contributed by atoms with Gasteiger partial charge in [-0.3, -0.25) is 4.79 Å². The number of carbonyl (C=O) groups is 1. The van der Waals surface area contributed by atoms with Crippen molar-refractivity contribution in [2.75, 3.05) is 19.6 Å². The van der Waals surface area contributed by atoms with Gasteiger partial charge in [0, 0.05) is 13.0 Å². The van der Waals surface area contributed by atoms with E-state index in [1.807, 2.05) is 0 Å². The molecule has 0 unspecified atom stereocenters. The van der Waals surface area contributed by atoms with Gasteiger partial charge in [0.2, 0.25) is 0 Å². The largest absolute Gasteiger partial charge is 0.481 e. The molecule has 0 atom stereocenters. The molecule has 0 amide bonds. The minimum atomic E-state index is -0.653. The van der Waals surface area contributed by atoms with Crippen LogP contribution in [0.3, 0.4) is 0 Å². The summed E-state index contributed by atoms with van der Waals surface area (Å²) in [7, 11) is 0. The van der Waals surface area contributed by atoms with Gasteiger partial charge >= 0.3 is 5.97 Å². The summed E-state index contributed by atoms with van der Waals surface area (Å²) >= 11 is 0. The third-order valence-corrected chi connectivity index (χ3v) is 3.10. The first-order chi connectivity index (χ1) is 7.08. The number of hydrogen-bond acceptors (Lipinski definition) is 2. The van der Waals surface area contributed by atoms with Crippen LogP contribution in [0.1, 0.15) is 39.5 Å². The fraction of sp³-hybridized carbons (Fsp3) is 0.917. The molecular formula is C12H24ClNO2. The SMILES string of the molecule is CC(C)CN1CCC(CCC(=O)O)CC1.Cl. The monoisotopic (exact) mass is 249 g/mol. The highest BCUT2D eigenvalue weighted by molar-refractivity contribution is 5.85. The van der Waals surface area contributed by atoms with E-state index in [0.717, 1.165) is 25.4 Å².